The Kier molecular flexibility index (Phi) is 3.92. The van der Waals surface area contributed by atoms with Gasteiger partial charge in [-0.05, 0) is 12.5 Å². The number of anilines is 1. The van der Waals surface area contributed by atoms with Crippen LogP contribution in [0.15, 0.2) is 24.3 Å². The van der Waals surface area contributed by atoms with Crippen molar-refractivity contribution in [3.05, 3.63) is 29.8 Å². The van der Waals surface area contributed by atoms with Crippen molar-refractivity contribution >= 4 is 15.5 Å². The summed E-state index contributed by atoms with van der Waals surface area (Å²) in [5.41, 5.74) is 1.86. The smallest absolute Gasteiger partial charge is 0.151 e. The van der Waals surface area contributed by atoms with Gasteiger partial charge in [0.1, 0.15) is 0 Å². The van der Waals surface area contributed by atoms with Crippen molar-refractivity contribution in [3.8, 4) is 0 Å². The molecule has 2 rings (SSSR count). The van der Waals surface area contributed by atoms with E-state index in [0.717, 1.165) is 11.3 Å². The largest absolute Gasteiger partial charge is 0.388 e. The maximum absolute atomic E-state index is 11.5. The fraction of sp³-hybridized carbons (Fsp3) is 0.538. The quantitative estimate of drug-likeness (QED) is 0.897. The molecule has 1 aromatic carbocycles. The number of hydrogen-bond acceptors (Lipinski definition) is 4. The van der Waals surface area contributed by atoms with Gasteiger partial charge in [0.25, 0.3) is 0 Å². The number of sulfone groups is 1. The number of hydrogen-bond donors (Lipinski definition) is 1. The molecule has 5 heteroatoms. The molecule has 18 heavy (non-hydrogen) atoms. The summed E-state index contributed by atoms with van der Waals surface area (Å²) in [6, 6.07) is 7.66. The molecule has 100 valence electrons. The Labute approximate surface area is 108 Å². The highest BCUT2D eigenvalue weighted by atomic mass is 32.2. The summed E-state index contributed by atoms with van der Waals surface area (Å²) < 4.78 is 23.1. The fourth-order valence-corrected chi connectivity index (χ4v) is 3.02. The Bertz CT molecular complexity index is 513. The maximum atomic E-state index is 11.5. The lowest BCUT2D eigenvalue weighted by atomic mass is 9.99. The summed E-state index contributed by atoms with van der Waals surface area (Å²) >= 11 is 0. The first kappa shape index (κ1) is 13.4. The van der Waals surface area contributed by atoms with Gasteiger partial charge in [0.05, 0.1) is 11.9 Å². The van der Waals surface area contributed by atoms with Gasteiger partial charge in [0.15, 0.2) is 9.84 Å². The zero-order chi connectivity index (χ0) is 13.2. The predicted molar refractivity (Wildman–Crippen MR) is 72.6 cm³/mol. The number of benzene rings is 1. The molecule has 1 atom stereocenters. The van der Waals surface area contributed by atoms with Crippen LogP contribution in [0.5, 0.6) is 0 Å². The first-order chi connectivity index (χ1) is 8.53. The van der Waals surface area contributed by atoms with E-state index in [9.17, 15) is 13.5 Å². The molecule has 4 nitrogen and oxygen atoms in total. The van der Waals surface area contributed by atoms with Crippen LogP contribution in [0, 0.1) is 0 Å². The third-order valence-electron chi connectivity index (χ3n) is 3.42. The lowest BCUT2D eigenvalue weighted by Crippen LogP contribution is -2.35. The van der Waals surface area contributed by atoms with Crippen molar-refractivity contribution in [3.63, 3.8) is 0 Å². The number of fused-ring (bicyclic) bond motifs is 1. The monoisotopic (exact) mass is 269 g/mol. The van der Waals surface area contributed by atoms with Gasteiger partial charge < -0.3 is 10.0 Å². The predicted octanol–water partition coefficient (Wildman–Crippen LogP) is 1.36. The molecule has 0 amide bonds. The molecule has 0 aliphatic carbocycles. The molecule has 0 aromatic heterocycles. The van der Waals surface area contributed by atoms with E-state index in [1.165, 1.54) is 0 Å². The van der Waals surface area contributed by atoms with Crippen molar-refractivity contribution in [2.45, 2.75) is 19.4 Å². The second kappa shape index (κ2) is 5.28. The first-order valence-electron chi connectivity index (χ1n) is 6.26. The van der Waals surface area contributed by atoms with Gasteiger partial charge in [-0.3, -0.25) is 0 Å². The van der Waals surface area contributed by atoms with Gasteiger partial charge in [-0.25, -0.2) is 8.42 Å². The molecule has 1 unspecified atom stereocenters. The topological polar surface area (TPSA) is 57.6 Å². The van der Waals surface area contributed by atoms with Gasteiger partial charge >= 0.3 is 0 Å². The number of para-hydroxylation sites is 1. The van der Waals surface area contributed by atoms with Crippen molar-refractivity contribution in [1.29, 1.82) is 0 Å². The molecule has 1 N–H and O–H groups in total. The Morgan fingerprint density at radius 3 is 2.83 bits per heavy atom. The Balaban J connectivity index is 2.14. The van der Waals surface area contributed by atoms with Crippen LogP contribution in [0.2, 0.25) is 0 Å². The molecule has 1 aliphatic heterocycles. The van der Waals surface area contributed by atoms with Crippen LogP contribution in [-0.2, 0) is 9.84 Å². The molecule has 0 bridgehead atoms. The molecule has 0 saturated carbocycles. The molecular weight excluding hydrogens is 250 g/mol. The number of rotatable bonds is 4. The zero-order valence-electron chi connectivity index (χ0n) is 10.5. The first-order valence-corrected chi connectivity index (χ1v) is 8.08. The summed E-state index contributed by atoms with van der Waals surface area (Å²) in [4.78, 5) is 2.05. The summed E-state index contributed by atoms with van der Waals surface area (Å²) in [5, 5.41) is 9.91. The van der Waals surface area contributed by atoms with Crippen LogP contribution in [0.4, 0.5) is 5.69 Å². The fourth-order valence-electron chi connectivity index (χ4n) is 2.24. The van der Waals surface area contributed by atoms with Crippen molar-refractivity contribution in [2.24, 2.45) is 0 Å². The normalized spacial score (nSPS) is 19.7. The van der Waals surface area contributed by atoms with E-state index < -0.39 is 15.9 Å². The Morgan fingerprint density at radius 1 is 1.39 bits per heavy atom. The molecule has 0 saturated heterocycles. The highest BCUT2D eigenvalue weighted by Gasteiger charge is 2.23. The summed E-state index contributed by atoms with van der Waals surface area (Å²) in [7, 11) is -2.94. The average molecular weight is 269 g/mol. The van der Waals surface area contributed by atoms with Gasteiger partial charge in [0, 0.05) is 30.1 Å². The van der Waals surface area contributed by atoms with Gasteiger partial charge in [-0.1, -0.05) is 25.1 Å². The van der Waals surface area contributed by atoms with E-state index in [-0.39, 0.29) is 11.5 Å². The van der Waals surface area contributed by atoms with E-state index in [1.54, 1.807) is 6.92 Å². The van der Waals surface area contributed by atoms with E-state index in [4.69, 9.17) is 0 Å². The molecule has 0 radical (unpaired) electrons. The highest BCUT2D eigenvalue weighted by Crippen LogP contribution is 2.33. The number of aliphatic hydroxyl groups excluding tert-OH is 1. The second-order valence-electron chi connectivity index (χ2n) is 4.59. The molecule has 1 aliphatic rings. The van der Waals surface area contributed by atoms with Crippen LogP contribution in [0.1, 0.15) is 25.0 Å². The third kappa shape index (κ3) is 2.84. The van der Waals surface area contributed by atoms with Crippen LogP contribution >= 0.6 is 0 Å². The highest BCUT2D eigenvalue weighted by molar-refractivity contribution is 7.91. The van der Waals surface area contributed by atoms with Gasteiger partial charge in [-0.15, -0.1) is 0 Å². The molecule has 1 heterocycles. The summed E-state index contributed by atoms with van der Waals surface area (Å²) in [6.07, 6.45) is 0.226. The Morgan fingerprint density at radius 2 is 2.11 bits per heavy atom. The average Bonchev–Trinajstić information content (AvgIpc) is 2.38. The molecule has 1 aromatic rings. The standard InChI is InChI=1S/C13H19NO3S/c1-2-18(16,17)10-9-14-8-7-13(15)11-5-3-4-6-12(11)14/h3-6,13,15H,2,7-10H2,1H3. The van der Waals surface area contributed by atoms with E-state index in [1.807, 2.05) is 24.3 Å². The van der Waals surface area contributed by atoms with E-state index >= 15 is 0 Å². The minimum absolute atomic E-state index is 0.175. The van der Waals surface area contributed by atoms with Crippen LogP contribution < -0.4 is 4.90 Å². The Hall–Kier alpha value is -1.07. The zero-order valence-corrected chi connectivity index (χ0v) is 11.4. The minimum Gasteiger partial charge on any atom is -0.388 e. The van der Waals surface area contributed by atoms with Crippen LogP contribution in [0.25, 0.3) is 0 Å². The van der Waals surface area contributed by atoms with Gasteiger partial charge in [0.2, 0.25) is 0 Å². The van der Waals surface area contributed by atoms with Gasteiger partial charge in [-0.2, -0.15) is 0 Å². The van der Waals surface area contributed by atoms with Crippen LogP contribution in [0.3, 0.4) is 0 Å². The number of aliphatic hydroxyl groups is 1. The third-order valence-corrected chi connectivity index (χ3v) is 5.11. The lowest BCUT2D eigenvalue weighted by molar-refractivity contribution is 0.164. The molecular formula is C13H19NO3S. The molecule has 0 fully saturated rings. The SMILES string of the molecule is CCS(=O)(=O)CCN1CCC(O)c2ccccc21. The molecule has 0 spiro atoms. The summed E-state index contributed by atoms with van der Waals surface area (Å²) in [6.45, 7) is 2.88. The van der Waals surface area contributed by atoms with Crippen molar-refractivity contribution in [2.75, 3.05) is 29.5 Å². The van der Waals surface area contributed by atoms with Crippen molar-refractivity contribution in [1.82, 2.24) is 0 Å². The van der Waals surface area contributed by atoms with Crippen molar-refractivity contribution < 1.29 is 13.5 Å². The number of nitrogens with zero attached hydrogens (tertiary/aromatic N) is 1. The second-order valence-corrected chi connectivity index (χ2v) is 7.06. The van der Waals surface area contributed by atoms with Crippen LogP contribution in [-0.4, -0.2) is 38.1 Å². The lowest BCUT2D eigenvalue weighted by Gasteiger charge is -2.33. The van der Waals surface area contributed by atoms with E-state index in [0.29, 0.717) is 19.5 Å². The maximum Gasteiger partial charge on any atom is 0.151 e. The minimum atomic E-state index is -2.94. The van der Waals surface area contributed by atoms with E-state index in [2.05, 4.69) is 4.90 Å². The summed E-state index contributed by atoms with van der Waals surface area (Å²) in [5.74, 6) is 0.360.